The molecular formula is C11H7F4O4-. The second-order valence-electron chi connectivity index (χ2n) is 3.11. The highest BCUT2D eigenvalue weighted by Crippen LogP contribution is 2.28. The minimum atomic E-state index is -3.20. The van der Waals surface area contributed by atoms with Gasteiger partial charge < -0.3 is 19.4 Å². The molecular weight excluding hydrogens is 272 g/mol. The normalized spacial score (nSPS) is 11.3. The highest BCUT2D eigenvalue weighted by Gasteiger charge is 2.12. The number of halogens is 4. The van der Waals surface area contributed by atoms with E-state index < -0.39 is 30.7 Å². The molecule has 0 fully saturated rings. The number of alkyl halides is 4. The van der Waals surface area contributed by atoms with Crippen LogP contribution in [0.3, 0.4) is 0 Å². The third kappa shape index (κ3) is 5.28. The van der Waals surface area contributed by atoms with Crippen LogP contribution in [-0.2, 0) is 4.79 Å². The van der Waals surface area contributed by atoms with E-state index in [2.05, 4.69) is 9.47 Å². The van der Waals surface area contributed by atoms with Gasteiger partial charge in [-0.25, -0.2) is 0 Å². The van der Waals surface area contributed by atoms with Crippen molar-refractivity contribution in [2.45, 2.75) is 13.2 Å². The molecule has 0 spiro atoms. The van der Waals surface area contributed by atoms with Crippen molar-refractivity contribution in [3.63, 3.8) is 0 Å². The molecule has 104 valence electrons. The molecule has 0 aliphatic carbocycles. The van der Waals surface area contributed by atoms with Crippen molar-refractivity contribution < 1.29 is 36.9 Å². The summed E-state index contributed by atoms with van der Waals surface area (Å²) in [5.74, 6) is -2.43. The summed E-state index contributed by atoms with van der Waals surface area (Å²) in [7, 11) is 0. The fourth-order valence-corrected chi connectivity index (χ4v) is 1.18. The Morgan fingerprint density at radius 1 is 1.16 bits per heavy atom. The Kier molecular flexibility index (Phi) is 5.16. The van der Waals surface area contributed by atoms with E-state index >= 15 is 0 Å². The van der Waals surface area contributed by atoms with E-state index in [1.54, 1.807) is 0 Å². The van der Waals surface area contributed by atoms with Crippen LogP contribution in [0.2, 0.25) is 0 Å². The Morgan fingerprint density at radius 2 is 1.79 bits per heavy atom. The average molecular weight is 279 g/mol. The van der Waals surface area contributed by atoms with Crippen LogP contribution >= 0.6 is 0 Å². The lowest BCUT2D eigenvalue weighted by Gasteiger charge is -2.11. The van der Waals surface area contributed by atoms with Gasteiger partial charge in [-0.2, -0.15) is 17.6 Å². The van der Waals surface area contributed by atoms with Gasteiger partial charge >= 0.3 is 13.2 Å². The Hall–Kier alpha value is -2.25. The van der Waals surface area contributed by atoms with E-state index in [9.17, 15) is 27.5 Å². The zero-order valence-electron chi connectivity index (χ0n) is 9.19. The van der Waals surface area contributed by atoms with Crippen LogP contribution in [0.25, 0.3) is 6.08 Å². The van der Waals surface area contributed by atoms with Gasteiger partial charge in [-0.15, -0.1) is 0 Å². The lowest BCUT2D eigenvalue weighted by molar-refractivity contribution is -0.297. The molecule has 0 saturated carbocycles. The smallest absolute Gasteiger partial charge is 0.387 e. The summed E-state index contributed by atoms with van der Waals surface area (Å²) < 4.78 is 56.3. The maximum Gasteiger partial charge on any atom is 0.387 e. The molecule has 19 heavy (non-hydrogen) atoms. The molecule has 0 radical (unpaired) electrons. The molecule has 0 heterocycles. The number of hydrogen-bond acceptors (Lipinski definition) is 4. The first kappa shape index (κ1) is 14.8. The minimum absolute atomic E-state index is 0.0499. The van der Waals surface area contributed by atoms with Crippen LogP contribution in [0.15, 0.2) is 24.3 Å². The Balaban J connectivity index is 3.05. The molecule has 0 aliphatic heterocycles. The second kappa shape index (κ2) is 6.62. The number of ether oxygens (including phenoxy) is 2. The van der Waals surface area contributed by atoms with Gasteiger partial charge in [0.2, 0.25) is 0 Å². The maximum atomic E-state index is 12.1. The monoisotopic (exact) mass is 279 g/mol. The summed E-state index contributed by atoms with van der Waals surface area (Å²) in [6, 6.07) is 2.95. The van der Waals surface area contributed by atoms with Gasteiger partial charge in [0, 0.05) is 11.6 Å². The summed E-state index contributed by atoms with van der Waals surface area (Å²) in [6.07, 6.45) is 1.51. The first-order valence-corrected chi connectivity index (χ1v) is 4.81. The summed E-state index contributed by atoms with van der Waals surface area (Å²) in [4.78, 5) is 10.2. The lowest BCUT2D eigenvalue weighted by Crippen LogP contribution is -2.18. The number of carbonyl (C=O) groups is 1. The first-order valence-electron chi connectivity index (χ1n) is 4.81. The predicted octanol–water partition coefficient (Wildman–Crippen LogP) is 1.65. The molecule has 4 nitrogen and oxygen atoms in total. The van der Waals surface area contributed by atoms with Gasteiger partial charge in [0.05, 0.1) is 5.97 Å². The molecule has 0 N–H and O–H groups in total. The Morgan fingerprint density at radius 3 is 2.32 bits per heavy atom. The average Bonchev–Trinajstić information content (AvgIpc) is 2.26. The van der Waals surface area contributed by atoms with Gasteiger partial charge in [-0.1, -0.05) is 0 Å². The largest absolute Gasteiger partial charge is 0.545 e. The van der Waals surface area contributed by atoms with Crippen molar-refractivity contribution in [1.82, 2.24) is 0 Å². The third-order valence-corrected chi connectivity index (χ3v) is 1.83. The van der Waals surface area contributed by atoms with Crippen molar-refractivity contribution in [3.8, 4) is 11.5 Å². The van der Waals surface area contributed by atoms with Crippen molar-refractivity contribution >= 4 is 12.0 Å². The summed E-state index contributed by atoms with van der Waals surface area (Å²) in [6.45, 7) is -6.32. The van der Waals surface area contributed by atoms with E-state index in [-0.39, 0.29) is 5.56 Å². The van der Waals surface area contributed by atoms with E-state index in [0.717, 1.165) is 24.3 Å². The molecule has 0 bridgehead atoms. The van der Waals surface area contributed by atoms with E-state index in [1.807, 2.05) is 0 Å². The molecule has 8 heteroatoms. The van der Waals surface area contributed by atoms with Crippen molar-refractivity contribution in [1.29, 1.82) is 0 Å². The lowest BCUT2D eigenvalue weighted by atomic mass is 10.2. The second-order valence-corrected chi connectivity index (χ2v) is 3.11. The van der Waals surface area contributed by atoms with Gasteiger partial charge in [0.25, 0.3) is 0 Å². The quantitative estimate of drug-likeness (QED) is 0.587. The summed E-state index contributed by atoms with van der Waals surface area (Å²) >= 11 is 0. The van der Waals surface area contributed by atoms with Crippen LogP contribution in [0, 0.1) is 0 Å². The van der Waals surface area contributed by atoms with Gasteiger partial charge in [-0.3, -0.25) is 0 Å². The number of rotatable bonds is 6. The van der Waals surface area contributed by atoms with Crippen molar-refractivity contribution in [3.05, 3.63) is 29.8 Å². The molecule has 0 atom stereocenters. The van der Waals surface area contributed by atoms with Crippen LogP contribution in [-0.4, -0.2) is 19.2 Å². The third-order valence-electron chi connectivity index (χ3n) is 1.83. The van der Waals surface area contributed by atoms with Gasteiger partial charge in [-0.05, 0) is 24.3 Å². The van der Waals surface area contributed by atoms with E-state index in [4.69, 9.17) is 0 Å². The zero-order valence-corrected chi connectivity index (χ0v) is 9.19. The first-order chi connectivity index (χ1) is 8.88. The maximum absolute atomic E-state index is 12.1. The highest BCUT2D eigenvalue weighted by atomic mass is 19.3. The molecule has 1 rings (SSSR count). The van der Waals surface area contributed by atoms with Crippen LogP contribution in [0.1, 0.15) is 5.56 Å². The number of aliphatic carboxylic acids is 1. The van der Waals surface area contributed by atoms with Crippen LogP contribution in [0.5, 0.6) is 11.5 Å². The molecule has 0 aromatic heterocycles. The standard InChI is InChI=1S/C11H8F4O4/c12-10(13)18-7-3-1-6(2-4-9(16)17)8(5-7)19-11(14)15/h1-5,10-11H,(H,16,17)/p-1/b4-2+. The van der Waals surface area contributed by atoms with Crippen LogP contribution in [0.4, 0.5) is 17.6 Å². The summed E-state index contributed by atoms with van der Waals surface area (Å²) in [5.41, 5.74) is -0.0499. The van der Waals surface area contributed by atoms with Crippen molar-refractivity contribution in [2.75, 3.05) is 0 Å². The topological polar surface area (TPSA) is 58.6 Å². The number of benzene rings is 1. The summed E-state index contributed by atoms with van der Waals surface area (Å²) in [5, 5.41) is 10.2. The molecule has 1 aromatic carbocycles. The number of hydrogen-bond donors (Lipinski definition) is 0. The number of carboxylic acid groups (broad SMARTS) is 1. The van der Waals surface area contributed by atoms with E-state index in [1.165, 1.54) is 0 Å². The van der Waals surface area contributed by atoms with Gasteiger partial charge in [0.15, 0.2) is 0 Å². The number of carboxylic acids is 1. The Bertz CT molecular complexity index is 474. The highest BCUT2D eigenvalue weighted by molar-refractivity contribution is 5.84. The van der Waals surface area contributed by atoms with Gasteiger partial charge in [0.1, 0.15) is 11.5 Å². The van der Waals surface area contributed by atoms with Crippen LogP contribution < -0.4 is 14.6 Å². The molecule has 0 amide bonds. The zero-order chi connectivity index (χ0) is 14.4. The molecule has 0 saturated heterocycles. The molecule has 0 aliphatic rings. The molecule has 1 aromatic rings. The Labute approximate surface area is 104 Å². The fraction of sp³-hybridized carbons (Fsp3) is 0.182. The minimum Gasteiger partial charge on any atom is -0.545 e. The predicted molar refractivity (Wildman–Crippen MR) is 53.7 cm³/mol. The van der Waals surface area contributed by atoms with Crippen molar-refractivity contribution in [2.24, 2.45) is 0 Å². The SMILES string of the molecule is O=C([O-])/C=C/c1ccc(OC(F)F)cc1OC(F)F. The number of carbonyl (C=O) groups excluding carboxylic acids is 1. The molecule has 0 unspecified atom stereocenters. The van der Waals surface area contributed by atoms with E-state index in [0.29, 0.717) is 6.08 Å². The fourth-order valence-electron chi connectivity index (χ4n) is 1.18.